The van der Waals surface area contributed by atoms with E-state index in [0.717, 1.165) is 18.5 Å². The second-order valence-electron chi connectivity index (χ2n) is 6.89. The molecule has 5 nitrogen and oxygen atoms in total. The first-order valence-corrected chi connectivity index (χ1v) is 7.80. The molecule has 1 aliphatic rings. The number of aliphatic hydroxyl groups is 1. The number of hydroxylamine groups is 2. The van der Waals surface area contributed by atoms with Gasteiger partial charge in [-0.15, -0.1) is 0 Å². The number of hydrogen-bond donors (Lipinski definition) is 1. The Kier molecular flexibility index (Phi) is 6.74. The number of nitrogens with zero attached hydrogens (tertiary/aromatic N) is 1. The van der Waals surface area contributed by atoms with Crippen molar-refractivity contribution in [2.75, 3.05) is 20.8 Å². The third-order valence-corrected chi connectivity index (χ3v) is 3.57. The molecule has 1 fully saturated rings. The molecule has 1 atom stereocenters. The van der Waals surface area contributed by atoms with E-state index >= 15 is 0 Å². The average molecular weight is 323 g/mol. The topological polar surface area (TPSA) is 59.0 Å². The first kappa shape index (κ1) is 19.6. The Morgan fingerprint density at radius 3 is 2.35 bits per heavy atom. The number of aryl methyl sites for hydroxylation is 1. The smallest absolute Gasteiger partial charge is 0.329 e. The van der Waals surface area contributed by atoms with Gasteiger partial charge in [0.1, 0.15) is 5.54 Å². The summed E-state index contributed by atoms with van der Waals surface area (Å²) in [4.78, 5) is 17.3. The molecule has 0 spiro atoms. The summed E-state index contributed by atoms with van der Waals surface area (Å²) < 4.78 is 4.93. The molecule has 1 heterocycles. The lowest BCUT2D eigenvalue weighted by atomic mass is 9.81. The molecule has 0 radical (unpaired) electrons. The number of esters is 1. The molecule has 0 bridgehead atoms. The van der Waals surface area contributed by atoms with Crippen molar-refractivity contribution in [2.45, 2.75) is 51.7 Å². The molecule has 0 saturated carbocycles. The van der Waals surface area contributed by atoms with Gasteiger partial charge in [0.05, 0.1) is 19.8 Å². The van der Waals surface area contributed by atoms with Crippen LogP contribution in [0.25, 0.3) is 0 Å². The van der Waals surface area contributed by atoms with Crippen LogP contribution in [-0.2, 0) is 20.8 Å². The van der Waals surface area contributed by atoms with E-state index in [1.165, 1.54) is 12.7 Å². The molecular weight excluding hydrogens is 294 g/mol. The zero-order chi connectivity index (χ0) is 17.7. The third-order valence-electron chi connectivity index (χ3n) is 3.57. The van der Waals surface area contributed by atoms with Gasteiger partial charge in [0.25, 0.3) is 0 Å². The highest BCUT2D eigenvalue weighted by atomic mass is 16.7. The minimum atomic E-state index is -0.655. The molecule has 1 saturated heterocycles. The summed E-state index contributed by atoms with van der Waals surface area (Å²) in [5, 5.41) is 10.2. The Labute approximate surface area is 139 Å². The first-order valence-electron chi connectivity index (χ1n) is 7.80. The maximum Gasteiger partial charge on any atom is 0.329 e. The Balaban J connectivity index is 0.000000463. The SMILES string of the molecule is CC(C)(C)O.COC(=O)C1(Cc2cccc(C)c2)CCN1OC. The van der Waals surface area contributed by atoms with E-state index in [4.69, 9.17) is 14.7 Å². The molecule has 1 unspecified atom stereocenters. The summed E-state index contributed by atoms with van der Waals surface area (Å²) in [5.41, 5.74) is 1.16. The van der Waals surface area contributed by atoms with Crippen molar-refractivity contribution in [3.05, 3.63) is 35.4 Å². The first-order chi connectivity index (χ1) is 10.6. The predicted octanol–water partition coefficient (Wildman–Crippen LogP) is 2.49. The largest absolute Gasteiger partial charge is 0.468 e. The highest BCUT2D eigenvalue weighted by molar-refractivity contribution is 5.82. The summed E-state index contributed by atoms with van der Waals surface area (Å²) in [6.07, 6.45) is 1.39. The van der Waals surface area contributed by atoms with Gasteiger partial charge in [0.2, 0.25) is 0 Å². The van der Waals surface area contributed by atoms with Crippen LogP contribution in [0.5, 0.6) is 0 Å². The van der Waals surface area contributed by atoms with E-state index in [1.54, 1.807) is 32.9 Å². The number of rotatable bonds is 4. The number of carbonyl (C=O) groups is 1. The van der Waals surface area contributed by atoms with E-state index < -0.39 is 11.1 Å². The highest BCUT2D eigenvalue weighted by Gasteiger charge is 2.53. The fraction of sp³-hybridized carbons (Fsp3) is 0.611. The van der Waals surface area contributed by atoms with Gasteiger partial charge >= 0.3 is 5.97 Å². The van der Waals surface area contributed by atoms with Gasteiger partial charge in [-0.2, -0.15) is 5.06 Å². The summed E-state index contributed by atoms with van der Waals surface area (Å²) in [7, 11) is 3.01. The predicted molar refractivity (Wildman–Crippen MR) is 89.9 cm³/mol. The van der Waals surface area contributed by atoms with Crippen LogP contribution in [0.4, 0.5) is 0 Å². The summed E-state index contributed by atoms with van der Waals surface area (Å²) in [5.74, 6) is -0.225. The Bertz CT molecular complexity index is 516. The van der Waals surface area contributed by atoms with Crippen LogP contribution >= 0.6 is 0 Å². The molecular formula is C18H29NO4. The molecule has 130 valence electrons. The van der Waals surface area contributed by atoms with Crippen LogP contribution in [0.3, 0.4) is 0 Å². The maximum atomic E-state index is 12.0. The zero-order valence-corrected chi connectivity index (χ0v) is 15.0. The summed E-state index contributed by atoms with van der Waals surface area (Å²) in [6, 6.07) is 8.18. The van der Waals surface area contributed by atoms with Crippen molar-refractivity contribution in [1.82, 2.24) is 5.06 Å². The van der Waals surface area contributed by atoms with E-state index in [1.807, 2.05) is 25.1 Å². The molecule has 1 aromatic carbocycles. The van der Waals surface area contributed by atoms with Gasteiger partial charge < -0.3 is 14.7 Å². The van der Waals surface area contributed by atoms with Crippen molar-refractivity contribution in [2.24, 2.45) is 0 Å². The van der Waals surface area contributed by atoms with Crippen molar-refractivity contribution >= 4 is 5.97 Å². The standard InChI is InChI=1S/C14H19NO3.C4H10O/c1-11-5-4-6-12(9-11)10-14(13(16)17-2)7-8-15(14)18-3;1-4(2,3)5/h4-6,9H,7-8,10H2,1-3H3;5H,1-3H3. The minimum absolute atomic E-state index is 0.225. The molecule has 5 heteroatoms. The van der Waals surface area contributed by atoms with E-state index in [9.17, 15) is 4.79 Å². The summed E-state index contributed by atoms with van der Waals surface area (Å²) in [6.45, 7) is 8.04. The Morgan fingerprint density at radius 1 is 1.35 bits per heavy atom. The third kappa shape index (κ3) is 5.61. The number of ether oxygens (including phenoxy) is 1. The minimum Gasteiger partial charge on any atom is -0.468 e. The van der Waals surface area contributed by atoms with Gasteiger partial charge in [0, 0.05) is 13.0 Å². The second-order valence-corrected chi connectivity index (χ2v) is 6.89. The lowest BCUT2D eigenvalue weighted by molar-refractivity contribution is -0.260. The van der Waals surface area contributed by atoms with Crippen LogP contribution < -0.4 is 0 Å². The fourth-order valence-electron chi connectivity index (χ4n) is 2.54. The zero-order valence-electron chi connectivity index (χ0n) is 15.0. The highest BCUT2D eigenvalue weighted by Crippen LogP contribution is 2.35. The molecule has 1 aliphatic heterocycles. The Hall–Kier alpha value is -1.43. The average Bonchev–Trinajstić information content (AvgIpc) is 2.41. The quantitative estimate of drug-likeness (QED) is 0.863. The normalized spacial score (nSPS) is 21.0. The van der Waals surface area contributed by atoms with Crippen LogP contribution in [0.15, 0.2) is 24.3 Å². The second kappa shape index (κ2) is 7.90. The summed E-state index contributed by atoms with van der Waals surface area (Å²) >= 11 is 0. The fourth-order valence-corrected chi connectivity index (χ4v) is 2.54. The molecule has 0 aliphatic carbocycles. The van der Waals surface area contributed by atoms with Crippen molar-refractivity contribution in [1.29, 1.82) is 0 Å². The maximum absolute atomic E-state index is 12.0. The van der Waals surface area contributed by atoms with Crippen LogP contribution in [0, 0.1) is 6.92 Å². The number of hydrogen-bond acceptors (Lipinski definition) is 5. The molecule has 2 rings (SSSR count). The van der Waals surface area contributed by atoms with Crippen molar-refractivity contribution in [3.8, 4) is 0 Å². The molecule has 0 aromatic heterocycles. The van der Waals surface area contributed by atoms with Crippen molar-refractivity contribution < 1.29 is 19.5 Å². The Morgan fingerprint density at radius 2 is 1.96 bits per heavy atom. The van der Waals surface area contributed by atoms with Crippen molar-refractivity contribution in [3.63, 3.8) is 0 Å². The number of methoxy groups -OCH3 is 1. The van der Waals surface area contributed by atoms with Crippen LogP contribution in [-0.4, -0.2) is 48.0 Å². The van der Waals surface area contributed by atoms with Gasteiger partial charge in [-0.25, -0.2) is 4.79 Å². The van der Waals surface area contributed by atoms with Gasteiger partial charge in [0.15, 0.2) is 0 Å². The molecule has 1 N–H and O–H groups in total. The number of benzene rings is 1. The van der Waals surface area contributed by atoms with Gasteiger partial charge in [-0.3, -0.25) is 0 Å². The lowest BCUT2D eigenvalue weighted by Gasteiger charge is -2.48. The molecule has 23 heavy (non-hydrogen) atoms. The monoisotopic (exact) mass is 323 g/mol. The van der Waals surface area contributed by atoms with Crippen LogP contribution in [0.1, 0.15) is 38.3 Å². The molecule has 1 aromatic rings. The van der Waals surface area contributed by atoms with Crippen LogP contribution in [0.2, 0.25) is 0 Å². The van der Waals surface area contributed by atoms with Gasteiger partial charge in [-0.1, -0.05) is 29.8 Å². The lowest BCUT2D eigenvalue weighted by Crippen LogP contribution is -2.65. The van der Waals surface area contributed by atoms with E-state index in [-0.39, 0.29) is 5.97 Å². The van der Waals surface area contributed by atoms with E-state index in [0.29, 0.717) is 6.42 Å². The van der Waals surface area contributed by atoms with E-state index in [2.05, 4.69) is 6.07 Å². The number of carbonyl (C=O) groups excluding carboxylic acids is 1. The van der Waals surface area contributed by atoms with Gasteiger partial charge in [-0.05, 0) is 39.7 Å². The molecule has 0 amide bonds.